The van der Waals surface area contributed by atoms with E-state index >= 15 is 0 Å². The summed E-state index contributed by atoms with van der Waals surface area (Å²) in [5, 5.41) is 2.02. The van der Waals surface area contributed by atoms with Crippen molar-refractivity contribution in [3.8, 4) is 0 Å². The zero-order chi connectivity index (χ0) is 12.7. The first kappa shape index (κ1) is 11.7. The van der Waals surface area contributed by atoms with Crippen molar-refractivity contribution in [2.75, 3.05) is 11.9 Å². The average Bonchev–Trinajstić information content (AvgIpc) is 2.88. The highest BCUT2D eigenvalue weighted by atomic mass is 79.9. The van der Waals surface area contributed by atoms with Gasteiger partial charge >= 0.3 is 0 Å². The lowest BCUT2D eigenvalue weighted by atomic mass is 10.1. The molecule has 1 aromatic heterocycles. The maximum Gasteiger partial charge on any atom is 0.258 e. The summed E-state index contributed by atoms with van der Waals surface area (Å²) in [5.41, 5.74) is 2.75. The number of para-hydroxylation sites is 1. The molecule has 0 radical (unpaired) electrons. The fourth-order valence-electron chi connectivity index (χ4n) is 2.08. The molecule has 2 aromatic rings. The van der Waals surface area contributed by atoms with Crippen LogP contribution in [0.3, 0.4) is 0 Å². The smallest absolute Gasteiger partial charge is 0.258 e. The molecule has 1 aromatic carbocycles. The minimum Gasteiger partial charge on any atom is -0.311 e. The lowest BCUT2D eigenvalue weighted by Crippen LogP contribution is -2.20. The van der Waals surface area contributed by atoms with Crippen molar-refractivity contribution >= 4 is 50.5 Å². The van der Waals surface area contributed by atoms with Gasteiger partial charge in [0, 0.05) is 27.3 Å². The number of nitrogens with zero attached hydrogens (tertiary/aromatic N) is 1. The number of hydrogen-bond donors (Lipinski definition) is 0. The summed E-state index contributed by atoms with van der Waals surface area (Å²) in [5.74, 6) is 0.0562. The van der Waals surface area contributed by atoms with Crippen molar-refractivity contribution in [3.63, 3.8) is 0 Å². The Kier molecular flexibility index (Phi) is 2.84. The van der Waals surface area contributed by atoms with Gasteiger partial charge < -0.3 is 4.90 Å². The largest absolute Gasteiger partial charge is 0.311 e. The van der Waals surface area contributed by atoms with Gasteiger partial charge in [-0.3, -0.25) is 4.79 Å². The first-order chi connectivity index (χ1) is 8.66. The number of halogens is 1. The topological polar surface area (TPSA) is 20.3 Å². The van der Waals surface area contributed by atoms with Crippen LogP contribution in [0.15, 0.2) is 40.2 Å². The number of anilines is 1. The second kappa shape index (κ2) is 4.37. The zero-order valence-corrected chi connectivity index (χ0v) is 12.1. The number of hydrogen-bond acceptors (Lipinski definition) is 2. The minimum absolute atomic E-state index is 0.0562. The SMILES string of the molecule is CN1C(=O)/C(=C\c2cc(Br)cs2)c2ccccc21. The Morgan fingerprint density at radius 1 is 1.33 bits per heavy atom. The fourth-order valence-corrected chi connectivity index (χ4v) is 3.46. The third-order valence-corrected chi connectivity index (χ3v) is 4.61. The van der Waals surface area contributed by atoms with Crippen molar-refractivity contribution in [3.05, 3.63) is 50.6 Å². The zero-order valence-electron chi connectivity index (χ0n) is 9.68. The molecule has 0 bridgehead atoms. The van der Waals surface area contributed by atoms with Crippen LogP contribution in [0.5, 0.6) is 0 Å². The third kappa shape index (κ3) is 1.82. The van der Waals surface area contributed by atoms with Crippen molar-refractivity contribution in [1.82, 2.24) is 0 Å². The summed E-state index contributed by atoms with van der Waals surface area (Å²) in [6, 6.07) is 9.90. The summed E-state index contributed by atoms with van der Waals surface area (Å²) < 4.78 is 1.05. The van der Waals surface area contributed by atoms with Gasteiger partial charge in [-0.25, -0.2) is 0 Å². The highest BCUT2D eigenvalue weighted by molar-refractivity contribution is 9.10. The van der Waals surface area contributed by atoms with E-state index < -0.39 is 0 Å². The number of benzene rings is 1. The Hall–Kier alpha value is -1.39. The van der Waals surface area contributed by atoms with Crippen LogP contribution in [0.2, 0.25) is 0 Å². The van der Waals surface area contributed by atoms with E-state index in [4.69, 9.17) is 0 Å². The lowest BCUT2D eigenvalue weighted by molar-refractivity contribution is -0.112. The molecule has 1 amide bonds. The highest BCUT2D eigenvalue weighted by Gasteiger charge is 2.28. The molecule has 18 heavy (non-hydrogen) atoms. The molecule has 90 valence electrons. The molecular weight excluding hydrogens is 310 g/mol. The van der Waals surface area contributed by atoms with Crippen molar-refractivity contribution in [2.45, 2.75) is 0 Å². The molecule has 1 aliphatic rings. The van der Waals surface area contributed by atoms with Crippen LogP contribution in [0, 0.1) is 0 Å². The molecule has 0 aliphatic carbocycles. The minimum atomic E-state index is 0.0562. The molecule has 2 nitrogen and oxygen atoms in total. The Morgan fingerprint density at radius 2 is 2.11 bits per heavy atom. The molecule has 0 fully saturated rings. The molecule has 0 saturated carbocycles. The van der Waals surface area contributed by atoms with E-state index in [-0.39, 0.29) is 5.91 Å². The standard InChI is InChI=1S/C14H10BrNOS/c1-16-13-5-3-2-4-11(13)12(14(16)17)7-10-6-9(15)8-18-10/h2-8H,1H3/b12-7-. The van der Waals surface area contributed by atoms with Gasteiger partial charge in [0.2, 0.25) is 0 Å². The second-order valence-electron chi connectivity index (χ2n) is 4.11. The average molecular weight is 320 g/mol. The van der Waals surface area contributed by atoms with Gasteiger partial charge in [-0.05, 0) is 34.1 Å². The molecule has 0 unspecified atom stereocenters. The number of fused-ring (bicyclic) bond motifs is 1. The van der Waals surface area contributed by atoms with Crippen molar-refractivity contribution < 1.29 is 4.79 Å². The quantitative estimate of drug-likeness (QED) is 0.727. The first-order valence-electron chi connectivity index (χ1n) is 5.50. The Labute approximate surface area is 118 Å². The van der Waals surface area contributed by atoms with E-state index in [2.05, 4.69) is 15.9 Å². The van der Waals surface area contributed by atoms with Gasteiger partial charge in [0.1, 0.15) is 0 Å². The van der Waals surface area contributed by atoms with E-state index in [9.17, 15) is 4.79 Å². The van der Waals surface area contributed by atoms with Crippen LogP contribution in [0.1, 0.15) is 10.4 Å². The summed E-state index contributed by atoms with van der Waals surface area (Å²) in [6.07, 6.45) is 1.96. The second-order valence-corrected chi connectivity index (χ2v) is 5.97. The van der Waals surface area contributed by atoms with Gasteiger partial charge in [-0.1, -0.05) is 18.2 Å². The number of carbonyl (C=O) groups is 1. The third-order valence-electron chi connectivity index (χ3n) is 2.96. The van der Waals surface area contributed by atoms with Gasteiger partial charge in [-0.15, -0.1) is 11.3 Å². The molecule has 2 heterocycles. The summed E-state index contributed by atoms with van der Waals surface area (Å²) in [4.78, 5) is 15.0. The Morgan fingerprint density at radius 3 is 2.83 bits per heavy atom. The van der Waals surface area contributed by atoms with Crippen LogP contribution < -0.4 is 4.90 Å². The van der Waals surface area contributed by atoms with Gasteiger partial charge in [-0.2, -0.15) is 0 Å². The first-order valence-corrected chi connectivity index (χ1v) is 7.17. The predicted octanol–water partition coefficient (Wildman–Crippen LogP) is 4.03. The van der Waals surface area contributed by atoms with Crippen LogP contribution >= 0.6 is 27.3 Å². The Balaban J connectivity index is 2.13. The number of likely N-dealkylation sites (N-methyl/N-ethyl adjacent to an activating group) is 1. The summed E-state index contributed by atoms with van der Waals surface area (Å²) in [6.45, 7) is 0. The molecular formula is C14H10BrNOS. The maximum absolute atomic E-state index is 12.2. The van der Waals surface area contributed by atoms with Crippen LogP contribution in [-0.2, 0) is 4.79 Å². The monoisotopic (exact) mass is 319 g/mol. The fraction of sp³-hybridized carbons (Fsp3) is 0.0714. The predicted molar refractivity (Wildman–Crippen MR) is 79.7 cm³/mol. The molecule has 3 rings (SSSR count). The van der Waals surface area contributed by atoms with E-state index in [0.29, 0.717) is 0 Å². The molecule has 0 N–H and O–H groups in total. The number of thiophene rings is 1. The van der Waals surface area contributed by atoms with Crippen LogP contribution in [-0.4, -0.2) is 13.0 Å². The van der Waals surface area contributed by atoms with Gasteiger partial charge in [0.05, 0.1) is 11.3 Å². The molecule has 4 heteroatoms. The van der Waals surface area contributed by atoms with Crippen molar-refractivity contribution in [2.24, 2.45) is 0 Å². The summed E-state index contributed by atoms with van der Waals surface area (Å²) >= 11 is 5.05. The van der Waals surface area contributed by atoms with E-state index in [1.807, 2.05) is 48.8 Å². The van der Waals surface area contributed by atoms with E-state index in [1.54, 1.807) is 16.2 Å². The summed E-state index contributed by atoms with van der Waals surface area (Å²) in [7, 11) is 1.81. The highest BCUT2D eigenvalue weighted by Crippen LogP contribution is 2.37. The van der Waals surface area contributed by atoms with E-state index in [1.165, 1.54) is 0 Å². The lowest BCUT2D eigenvalue weighted by Gasteiger charge is -2.07. The maximum atomic E-state index is 12.2. The Bertz CT molecular complexity index is 659. The van der Waals surface area contributed by atoms with Gasteiger partial charge in [0.15, 0.2) is 0 Å². The molecule has 0 saturated heterocycles. The molecule has 0 atom stereocenters. The number of rotatable bonds is 1. The molecule has 0 spiro atoms. The number of amides is 1. The normalized spacial score (nSPS) is 16.4. The van der Waals surface area contributed by atoms with Gasteiger partial charge in [0.25, 0.3) is 5.91 Å². The van der Waals surface area contributed by atoms with Crippen LogP contribution in [0.25, 0.3) is 11.6 Å². The van der Waals surface area contributed by atoms with E-state index in [0.717, 1.165) is 26.2 Å². The molecule has 1 aliphatic heterocycles. The van der Waals surface area contributed by atoms with Crippen molar-refractivity contribution in [1.29, 1.82) is 0 Å². The number of carbonyl (C=O) groups excluding carboxylic acids is 1. The van der Waals surface area contributed by atoms with Crippen LogP contribution in [0.4, 0.5) is 5.69 Å².